The smallest absolute Gasteiger partial charge is 0.327 e. The normalized spacial score (nSPS) is 12.4. The van der Waals surface area contributed by atoms with Gasteiger partial charge in [-0.2, -0.15) is 0 Å². The Hall–Kier alpha value is -1.79. The maximum atomic E-state index is 11.7. The second-order valence-corrected chi connectivity index (χ2v) is 8.00. The Bertz CT molecular complexity index is 922. The van der Waals surface area contributed by atoms with Crippen LogP contribution in [-0.2, 0) is 15.4 Å². The third-order valence-electron chi connectivity index (χ3n) is 4.31. The number of carbonyl (C=O) groups is 1. The van der Waals surface area contributed by atoms with E-state index < -0.39 is 26.9 Å². The monoisotopic (exact) mass is 548 g/mol. The van der Waals surface area contributed by atoms with Gasteiger partial charge in [0, 0.05) is 19.5 Å². The molecule has 0 amide bonds. The summed E-state index contributed by atoms with van der Waals surface area (Å²) in [5.74, 6) is 0. The molecule has 12 heteroatoms. The molecule has 3 rings (SSSR count). The van der Waals surface area contributed by atoms with Gasteiger partial charge in [-0.25, -0.2) is 0 Å². The Morgan fingerprint density at radius 3 is 2.19 bits per heavy atom. The average molecular weight is 549 g/mol. The largest absolute Gasteiger partial charge is 0.400 e. The molecule has 36 heavy (non-hydrogen) atoms. The molecule has 0 spiro atoms. The minimum absolute atomic E-state index is 0.124. The highest BCUT2D eigenvalue weighted by atomic mass is 32.2. The third kappa shape index (κ3) is 13.0. The van der Waals surface area contributed by atoms with Crippen molar-refractivity contribution >= 4 is 36.7 Å². The predicted molar refractivity (Wildman–Crippen MR) is 146 cm³/mol. The van der Waals surface area contributed by atoms with Crippen LogP contribution in [0.5, 0.6) is 0 Å². The number of hydrogen-bond donors (Lipinski definition) is 6. The molecule has 0 fully saturated rings. The van der Waals surface area contributed by atoms with Gasteiger partial charge in [-0.1, -0.05) is 45.9 Å². The standard InChI is InChI=1S/C14H12N2O2S.C5H13O5P.2C2H6.CH4O/c17-14(12-5-3-8-15-12)19-18-10-16-9-7-11-4-1-2-6-13(11)16;1-4(7)5(2,3-6)10-11(8)9;3*1-2/h1-9,15H,10H2;4,6-9H,3H2,1-2H3;2*1-2H3;2H,1H3/t;4-,5?;;;/m.0.../s1. The lowest BCUT2D eigenvalue weighted by Crippen LogP contribution is -2.42. The third-order valence-corrected chi connectivity index (χ3v) is 5.49. The Morgan fingerprint density at radius 2 is 1.72 bits per heavy atom. The number of nitrogens with zero attached hydrogens (tertiary/aromatic N) is 1. The molecular formula is C24H41N2O8PS. The van der Waals surface area contributed by atoms with Crippen molar-refractivity contribution < 1.29 is 38.6 Å². The summed E-state index contributed by atoms with van der Waals surface area (Å²) in [6, 6.07) is 13.6. The summed E-state index contributed by atoms with van der Waals surface area (Å²) in [5.41, 5.74) is 0.340. The number of rotatable bonds is 8. The first-order valence-corrected chi connectivity index (χ1v) is 13.3. The molecule has 1 unspecified atom stereocenters. The van der Waals surface area contributed by atoms with Gasteiger partial charge in [0.05, 0.1) is 36.0 Å². The Kier molecular flexibility index (Phi) is 21.5. The van der Waals surface area contributed by atoms with E-state index in [1.807, 2.05) is 68.8 Å². The number of hydrogen-bond acceptors (Lipinski definition) is 9. The SMILES string of the molecule is CC.CC.CO.C[C@H](O)C(C)(CO)OP(O)O.O=C(SOCn1ccc2ccccc21)c1ccc[nH]1. The van der Waals surface area contributed by atoms with E-state index in [1.54, 1.807) is 18.3 Å². The Morgan fingerprint density at radius 1 is 1.11 bits per heavy atom. The van der Waals surface area contributed by atoms with E-state index in [4.69, 9.17) is 29.3 Å². The first-order valence-electron chi connectivity index (χ1n) is 11.4. The molecule has 0 bridgehead atoms. The van der Waals surface area contributed by atoms with Gasteiger partial charge in [0.15, 0.2) is 0 Å². The van der Waals surface area contributed by atoms with Crippen molar-refractivity contribution in [2.24, 2.45) is 0 Å². The summed E-state index contributed by atoms with van der Waals surface area (Å²) < 4.78 is 11.9. The highest BCUT2D eigenvalue weighted by Crippen LogP contribution is 2.34. The number of para-hydroxylation sites is 1. The second kappa shape index (κ2) is 21.3. The molecule has 0 aliphatic carbocycles. The van der Waals surface area contributed by atoms with Crippen LogP contribution in [-0.4, -0.2) is 65.2 Å². The quantitative estimate of drug-likeness (QED) is 0.177. The zero-order chi connectivity index (χ0) is 28.1. The Labute approximate surface area is 219 Å². The summed E-state index contributed by atoms with van der Waals surface area (Å²) >= 11 is 0.850. The van der Waals surface area contributed by atoms with Crippen LogP contribution in [0.25, 0.3) is 10.9 Å². The van der Waals surface area contributed by atoms with Crippen LogP contribution in [0.3, 0.4) is 0 Å². The highest BCUT2D eigenvalue weighted by molar-refractivity contribution is 8.10. The van der Waals surface area contributed by atoms with E-state index in [2.05, 4.69) is 9.51 Å². The lowest BCUT2D eigenvalue weighted by molar-refractivity contribution is -0.0704. The fourth-order valence-corrected chi connectivity index (χ4v) is 3.39. The number of aromatic amines is 1. The molecule has 0 radical (unpaired) electrons. The van der Waals surface area contributed by atoms with Gasteiger partial charge in [0.25, 0.3) is 5.12 Å². The van der Waals surface area contributed by atoms with Gasteiger partial charge < -0.3 is 39.2 Å². The molecule has 6 N–H and O–H groups in total. The number of aliphatic hydroxyl groups excluding tert-OH is 3. The lowest BCUT2D eigenvalue weighted by Gasteiger charge is -2.30. The number of aliphatic hydroxyl groups is 3. The van der Waals surface area contributed by atoms with Crippen molar-refractivity contribution in [2.75, 3.05) is 13.7 Å². The van der Waals surface area contributed by atoms with E-state index in [0.717, 1.165) is 30.1 Å². The van der Waals surface area contributed by atoms with Gasteiger partial charge in [0.1, 0.15) is 12.3 Å². The zero-order valence-electron chi connectivity index (χ0n) is 22.0. The van der Waals surface area contributed by atoms with E-state index in [9.17, 15) is 4.79 Å². The zero-order valence-corrected chi connectivity index (χ0v) is 23.7. The molecule has 0 saturated carbocycles. The summed E-state index contributed by atoms with van der Waals surface area (Å²) in [5, 5.41) is 25.8. The minimum Gasteiger partial charge on any atom is -0.400 e. The molecule has 206 valence electrons. The van der Waals surface area contributed by atoms with Crippen molar-refractivity contribution in [1.29, 1.82) is 0 Å². The summed E-state index contributed by atoms with van der Waals surface area (Å²) in [6.45, 7) is 10.7. The molecule has 2 aromatic heterocycles. The Balaban J connectivity index is 0. The average Bonchev–Trinajstić information content (AvgIpc) is 3.58. The molecule has 0 aliphatic heterocycles. The van der Waals surface area contributed by atoms with Crippen molar-refractivity contribution in [1.82, 2.24) is 9.55 Å². The topological polar surface area (TPSA) is 157 Å². The van der Waals surface area contributed by atoms with E-state index in [-0.39, 0.29) is 5.12 Å². The number of nitrogens with one attached hydrogen (secondary N) is 1. The summed E-state index contributed by atoms with van der Waals surface area (Å²) in [4.78, 5) is 31.4. The fourth-order valence-electron chi connectivity index (χ4n) is 2.32. The van der Waals surface area contributed by atoms with Crippen LogP contribution in [0.1, 0.15) is 52.0 Å². The molecule has 3 aromatic rings. The van der Waals surface area contributed by atoms with Crippen LogP contribution in [0.4, 0.5) is 0 Å². The first kappa shape index (κ1) is 36.4. The van der Waals surface area contributed by atoms with E-state index in [1.165, 1.54) is 13.8 Å². The molecular weight excluding hydrogens is 507 g/mol. The van der Waals surface area contributed by atoms with Crippen LogP contribution in [0.2, 0.25) is 0 Å². The second-order valence-electron chi connectivity index (χ2n) is 6.54. The molecule has 0 saturated heterocycles. The fraction of sp³-hybridized carbons (Fsp3) is 0.458. The lowest BCUT2D eigenvalue weighted by atomic mass is 10.0. The van der Waals surface area contributed by atoms with E-state index in [0.29, 0.717) is 12.4 Å². The minimum atomic E-state index is -2.55. The molecule has 10 nitrogen and oxygen atoms in total. The maximum Gasteiger partial charge on any atom is 0.327 e. The van der Waals surface area contributed by atoms with Crippen LogP contribution in [0, 0.1) is 0 Å². The molecule has 2 atom stereocenters. The van der Waals surface area contributed by atoms with Gasteiger partial charge in [0.2, 0.25) is 0 Å². The van der Waals surface area contributed by atoms with Crippen LogP contribution < -0.4 is 0 Å². The van der Waals surface area contributed by atoms with Gasteiger partial charge in [-0.05, 0) is 43.5 Å². The number of fused-ring (bicyclic) bond motifs is 1. The van der Waals surface area contributed by atoms with Crippen molar-refractivity contribution in [2.45, 2.75) is 60.0 Å². The van der Waals surface area contributed by atoms with Crippen molar-refractivity contribution in [3.63, 3.8) is 0 Å². The van der Waals surface area contributed by atoms with Gasteiger partial charge in [-0.3, -0.25) is 8.98 Å². The van der Waals surface area contributed by atoms with Gasteiger partial charge in [-0.15, -0.1) is 0 Å². The number of carbonyl (C=O) groups excluding carboxylic acids is 1. The first-order chi connectivity index (χ1) is 17.3. The van der Waals surface area contributed by atoms with Crippen LogP contribution in [0.15, 0.2) is 54.9 Å². The van der Waals surface area contributed by atoms with Crippen molar-refractivity contribution in [3.05, 3.63) is 60.6 Å². The summed E-state index contributed by atoms with van der Waals surface area (Å²) in [7, 11) is -1.55. The highest BCUT2D eigenvalue weighted by Gasteiger charge is 2.33. The molecule has 2 heterocycles. The number of aromatic nitrogens is 2. The van der Waals surface area contributed by atoms with Crippen LogP contribution >= 0.6 is 20.6 Å². The van der Waals surface area contributed by atoms with Gasteiger partial charge >= 0.3 is 8.60 Å². The summed E-state index contributed by atoms with van der Waals surface area (Å²) in [6.07, 6.45) is 2.70. The molecule has 1 aromatic carbocycles. The maximum absolute atomic E-state index is 11.7. The molecule has 0 aliphatic rings. The number of H-pyrrole nitrogens is 1. The van der Waals surface area contributed by atoms with E-state index >= 15 is 0 Å². The predicted octanol–water partition coefficient (Wildman–Crippen LogP) is 4.44. The number of benzene rings is 1. The van der Waals surface area contributed by atoms with Crippen molar-refractivity contribution in [3.8, 4) is 0 Å².